The van der Waals surface area contributed by atoms with E-state index in [2.05, 4.69) is 24.0 Å². The predicted octanol–water partition coefficient (Wildman–Crippen LogP) is 1.97. The summed E-state index contributed by atoms with van der Waals surface area (Å²) in [7, 11) is 0. The predicted molar refractivity (Wildman–Crippen MR) is 75.1 cm³/mol. The Hall–Kier alpha value is -1.94. The maximum atomic E-state index is 12.2. The fraction of sp³-hybridized carbons (Fsp3) is 0.333. The van der Waals surface area contributed by atoms with Crippen molar-refractivity contribution in [2.75, 3.05) is 6.54 Å². The van der Waals surface area contributed by atoms with E-state index in [-0.39, 0.29) is 5.91 Å². The third-order valence-electron chi connectivity index (χ3n) is 3.25. The van der Waals surface area contributed by atoms with Crippen molar-refractivity contribution >= 4 is 5.91 Å². The van der Waals surface area contributed by atoms with E-state index in [1.165, 1.54) is 11.1 Å². The van der Waals surface area contributed by atoms with E-state index in [1.54, 1.807) is 17.1 Å². The van der Waals surface area contributed by atoms with Crippen LogP contribution in [0.5, 0.6) is 0 Å². The normalized spacial score (nSPS) is 10.6. The molecule has 0 aliphatic heterocycles. The summed E-state index contributed by atoms with van der Waals surface area (Å²) >= 11 is 0. The van der Waals surface area contributed by atoms with Gasteiger partial charge in [-0.3, -0.25) is 9.36 Å². The zero-order valence-corrected chi connectivity index (χ0v) is 11.2. The maximum absolute atomic E-state index is 12.2. The number of aromatic nitrogens is 2. The first kappa shape index (κ1) is 13.5. The lowest BCUT2D eigenvalue weighted by atomic mass is 10.0. The summed E-state index contributed by atoms with van der Waals surface area (Å²) in [6.45, 7) is 2.59. The minimum Gasteiger partial charge on any atom is -0.330 e. The number of hydrogen-bond acceptors (Lipinski definition) is 3. The Kier molecular flexibility index (Phi) is 4.47. The molecule has 0 unspecified atom stereocenters. The lowest BCUT2D eigenvalue weighted by Gasteiger charge is -2.07. The van der Waals surface area contributed by atoms with Crippen molar-refractivity contribution in [3.63, 3.8) is 0 Å². The van der Waals surface area contributed by atoms with Crippen LogP contribution < -0.4 is 5.73 Å². The first-order chi connectivity index (χ1) is 9.22. The lowest BCUT2D eigenvalue weighted by Crippen LogP contribution is -2.16. The third kappa shape index (κ3) is 3.29. The van der Waals surface area contributed by atoms with Gasteiger partial charge in [0.15, 0.2) is 0 Å². The van der Waals surface area contributed by atoms with Gasteiger partial charge in [0.2, 0.25) is 5.91 Å². The Morgan fingerprint density at radius 1 is 1.32 bits per heavy atom. The molecule has 0 radical (unpaired) electrons. The highest BCUT2D eigenvalue weighted by Crippen LogP contribution is 2.11. The summed E-state index contributed by atoms with van der Waals surface area (Å²) in [6.07, 6.45) is 5.20. The van der Waals surface area contributed by atoms with Crippen LogP contribution in [-0.4, -0.2) is 22.0 Å². The van der Waals surface area contributed by atoms with Crippen molar-refractivity contribution in [1.82, 2.24) is 9.55 Å². The first-order valence-electron chi connectivity index (χ1n) is 6.51. The number of nitrogens with two attached hydrogens (primary N) is 1. The Labute approximate surface area is 113 Å². The van der Waals surface area contributed by atoms with Gasteiger partial charge in [0.05, 0.1) is 0 Å². The van der Waals surface area contributed by atoms with Crippen molar-refractivity contribution in [3.05, 3.63) is 53.6 Å². The third-order valence-corrected chi connectivity index (χ3v) is 3.25. The fourth-order valence-electron chi connectivity index (χ4n) is 2.13. The second-order valence-electron chi connectivity index (χ2n) is 4.61. The molecule has 0 saturated heterocycles. The fourth-order valence-corrected chi connectivity index (χ4v) is 2.13. The Morgan fingerprint density at radius 2 is 2.11 bits per heavy atom. The van der Waals surface area contributed by atoms with E-state index in [0.29, 0.717) is 19.4 Å². The van der Waals surface area contributed by atoms with Gasteiger partial charge in [0.25, 0.3) is 0 Å². The Morgan fingerprint density at radius 3 is 2.84 bits per heavy atom. The molecule has 0 atom stereocenters. The molecule has 0 fully saturated rings. The molecule has 100 valence electrons. The number of aryl methyl sites for hydroxylation is 2. The molecule has 0 spiro atoms. The van der Waals surface area contributed by atoms with Gasteiger partial charge < -0.3 is 5.73 Å². The number of carbonyl (C=O) groups is 1. The van der Waals surface area contributed by atoms with Crippen LogP contribution in [0, 0.1) is 6.92 Å². The van der Waals surface area contributed by atoms with Gasteiger partial charge in [-0.05, 0) is 31.0 Å². The van der Waals surface area contributed by atoms with Crippen molar-refractivity contribution < 1.29 is 4.79 Å². The van der Waals surface area contributed by atoms with Crippen molar-refractivity contribution in [2.24, 2.45) is 5.73 Å². The van der Waals surface area contributed by atoms with Crippen LogP contribution in [0.25, 0.3) is 0 Å². The summed E-state index contributed by atoms with van der Waals surface area (Å²) in [6, 6.07) is 8.15. The van der Waals surface area contributed by atoms with Gasteiger partial charge in [0.1, 0.15) is 6.33 Å². The van der Waals surface area contributed by atoms with Crippen LogP contribution in [0.4, 0.5) is 0 Å². The van der Waals surface area contributed by atoms with E-state index in [9.17, 15) is 4.79 Å². The van der Waals surface area contributed by atoms with Gasteiger partial charge in [-0.2, -0.15) is 0 Å². The van der Waals surface area contributed by atoms with E-state index in [0.717, 1.165) is 12.1 Å². The van der Waals surface area contributed by atoms with Gasteiger partial charge in [-0.15, -0.1) is 0 Å². The highest BCUT2D eigenvalue weighted by molar-refractivity contribution is 5.79. The zero-order valence-electron chi connectivity index (χ0n) is 11.2. The molecule has 2 N–H and O–H groups in total. The van der Waals surface area contributed by atoms with E-state index in [4.69, 9.17) is 5.73 Å². The van der Waals surface area contributed by atoms with Gasteiger partial charge in [-0.25, -0.2) is 4.98 Å². The van der Waals surface area contributed by atoms with Crippen LogP contribution in [0.1, 0.15) is 28.0 Å². The van der Waals surface area contributed by atoms with Gasteiger partial charge >= 0.3 is 0 Å². The molecule has 4 nitrogen and oxygen atoms in total. The van der Waals surface area contributed by atoms with Crippen molar-refractivity contribution in [2.45, 2.75) is 26.2 Å². The van der Waals surface area contributed by atoms with Crippen LogP contribution in [0.15, 0.2) is 36.8 Å². The lowest BCUT2D eigenvalue weighted by molar-refractivity contribution is 0.0900. The number of benzene rings is 1. The monoisotopic (exact) mass is 257 g/mol. The second-order valence-corrected chi connectivity index (χ2v) is 4.61. The Balaban J connectivity index is 2.02. The SMILES string of the molecule is Cc1ccccc1CCC(=O)n1cncc1CCN. The number of imidazole rings is 1. The molecule has 1 heterocycles. The standard InChI is InChI=1S/C15H19N3O/c1-12-4-2-3-5-13(12)6-7-15(19)18-11-17-10-14(18)8-9-16/h2-5,10-11H,6-9,16H2,1H3. The molecule has 0 bridgehead atoms. The molecule has 1 aromatic carbocycles. The smallest absolute Gasteiger partial charge is 0.232 e. The van der Waals surface area contributed by atoms with E-state index < -0.39 is 0 Å². The molecule has 0 aliphatic rings. The van der Waals surface area contributed by atoms with Gasteiger partial charge in [-0.1, -0.05) is 24.3 Å². The summed E-state index contributed by atoms with van der Waals surface area (Å²) in [5, 5.41) is 0. The number of hydrogen-bond donors (Lipinski definition) is 1. The van der Waals surface area contributed by atoms with Crippen molar-refractivity contribution in [3.8, 4) is 0 Å². The maximum Gasteiger partial charge on any atom is 0.232 e. The van der Waals surface area contributed by atoms with E-state index >= 15 is 0 Å². The van der Waals surface area contributed by atoms with Crippen LogP contribution in [-0.2, 0) is 12.8 Å². The minimum absolute atomic E-state index is 0.0733. The molecule has 2 rings (SSSR count). The second kappa shape index (κ2) is 6.29. The average Bonchev–Trinajstić information content (AvgIpc) is 2.86. The van der Waals surface area contributed by atoms with Crippen LogP contribution in [0.3, 0.4) is 0 Å². The first-order valence-corrected chi connectivity index (χ1v) is 6.51. The molecule has 2 aromatic rings. The topological polar surface area (TPSA) is 60.9 Å². The molecule has 0 aliphatic carbocycles. The number of carbonyl (C=O) groups excluding carboxylic acids is 1. The molecule has 0 amide bonds. The summed E-state index contributed by atoms with van der Waals surface area (Å²) in [5.41, 5.74) is 8.85. The summed E-state index contributed by atoms with van der Waals surface area (Å²) < 4.78 is 1.62. The molecule has 0 saturated carbocycles. The molecule has 19 heavy (non-hydrogen) atoms. The minimum atomic E-state index is 0.0733. The highest BCUT2D eigenvalue weighted by Gasteiger charge is 2.10. The van der Waals surface area contributed by atoms with Gasteiger partial charge in [0, 0.05) is 24.7 Å². The molecule has 1 aromatic heterocycles. The molecule has 4 heteroatoms. The Bertz CT molecular complexity index is 560. The zero-order chi connectivity index (χ0) is 13.7. The van der Waals surface area contributed by atoms with Crippen LogP contribution >= 0.6 is 0 Å². The number of nitrogens with zero attached hydrogens (tertiary/aromatic N) is 2. The number of rotatable bonds is 5. The largest absolute Gasteiger partial charge is 0.330 e. The van der Waals surface area contributed by atoms with Crippen molar-refractivity contribution in [1.29, 1.82) is 0 Å². The summed E-state index contributed by atoms with van der Waals surface area (Å²) in [4.78, 5) is 16.2. The summed E-state index contributed by atoms with van der Waals surface area (Å²) in [5.74, 6) is 0.0733. The quantitative estimate of drug-likeness (QED) is 0.890. The average molecular weight is 257 g/mol. The van der Waals surface area contributed by atoms with E-state index in [1.807, 2.05) is 12.1 Å². The van der Waals surface area contributed by atoms with Crippen LogP contribution in [0.2, 0.25) is 0 Å². The molecular weight excluding hydrogens is 238 g/mol. The highest BCUT2D eigenvalue weighted by atomic mass is 16.2. The molecular formula is C15H19N3O.